The summed E-state index contributed by atoms with van der Waals surface area (Å²) in [6, 6.07) is 59.2. The molecule has 49 heavy (non-hydrogen) atoms. The number of hydrogen-bond donors (Lipinski definition) is 0. The van der Waals surface area contributed by atoms with Crippen molar-refractivity contribution in [1.29, 1.82) is 0 Å². The molecule has 9 rings (SSSR count). The first-order valence-electron chi connectivity index (χ1n) is 17.2. The fourth-order valence-electron chi connectivity index (χ4n) is 7.75. The zero-order chi connectivity index (χ0) is 32.6. The Morgan fingerprint density at radius 3 is 0.878 bits per heavy atom. The summed E-state index contributed by atoms with van der Waals surface area (Å²) in [7, 11) is 0. The molecule has 0 N–H and O–H groups in total. The summed E-state index contributed by atoms with van der Waals surface area (Å²) in [5.41, 5.74) is 11.7. The van der Waals surface area contributed by atoms with Crippen molar-refractivity contribution in [1.82, 2.24) is 13.7 Å². The predicted molar refractivity (Wildman–Crippen MR) is 203 cm³/mol. The van der Waals surface area contributed by atoms with E-state index in [9.17, 15) is 0 Å². The Balaban J connectivity index is 1.30. The third-order valence-corrected chi connectivity index (χ3v) is 9.98. The van der Waals surface area contributed by atoms with Crippen LogP contribution >= 0.6 is 0 Å². The molecule has 3 heteroatoms. The molecule has 0 saturated carbocycles. The van der Waals surface area contributed by atoms with E-state index in [4.69, 9.17) is 0 Å². The maximum atomic E-state index is 2.44. The first-order valence-corrected chi connectivity index (χ1v) is 17.2. The van der Waals surface area contributed by atoms with Gasteiger partial charge in [0.1, 0.15) is 0 Å². The normalized spacial score (nSPS) is 11.7. The Bertz CT molecular complexity index is 2230. The van der Waals surface area contributed by atoms with Gasteiger partial charge in [0.2, 0.25) is 0 Å². The van der Waals surface area contributed by atoms with Crippen LogP contribution in [0.4, 0.5) is 0 Å². The van der Waals surface area contributed by atoms with E-state index in [1.165, 1.54) is 66.1 Å². The number of para-hydroxylation sites is 3. The maximum absolute atomic E-state index is 2.44. The minimum atomic E-state index is 0.00534. The molecule has 0 bridgehead atoms. The van der Waals surface area contributed by atoms with E-state index in [1.807, 2.05) is 0 Å². The number of benzene rings is 6. The summed E-state index contributed by atoms with van der Waals surface area (Å²) in [6.07, 6.45) is 7.28. The van der Waals surface area contributed by atoms with Gasteiger partial charge in [0.25, 0.3) is 0 Å². The number of nitrogens with zero attached hydrogens (tertiary/aromatic N) is 3. The monoisotopic (exact) mass is 631 g/mol. The van der Waals surface area contributed by atoms with Crippen LogP contribution < -0.4 is 0 Å². The van der Waals surface area contributed by atoms with Crippen LogP contribution in [0.2, 0.25) is 0 Å². The lowest BCUT2D eigenvalue weighted by Gasteiger charge is -2.17. The largest absolute Gasteiger partial charge is 0.343 e. The topological polar surface area (TPSA) is 14.8 Å². The minimum Gasteiger partial charge on any atom is -0.343 e. The molecule has 9 aromatic rings. The van der Waals surface area contributed by atoms with Crippen molar-refractivity contribution >= 4 is 32.7 Å². The smallest absolute Gasteiger partial charge is 0.0486 e. The lowest BCUT2D eigenvalue weighted by molar-refractivity contribution is 0.809. The number of aromatic nitrogens is 3. The van der Waals surface area contributed by atoms with E-state index in [0.29, 0.717) is 0 Å². The highest BCUT2D eigenvalue weighted by atomic mass is 15.0. The van der Waals surface area contributed by atoms with Gasteiger partial charge in [-0.15, -0.1) is 0 Å². The summed E-state index contributed by atoms with van der Waals surface area (Å²) in [5, 5.41) is 3.88. The lowest BCUT2D eigenvalue weighted by atomic mass is 9.84. The van der Waals surface area contributed by atoms with Gasteiger partial charge in [0.05, 0.1) is 0 Å². The Hall–Kier alpha value is -6.06. The van der Waals surface area contributed by atoms with Crippen molar-refractivity contribution in [2.75, 3.05) is 0 Å². The van der Waals surface area contributed by atoms with Crippen LogP contribution in [0.15, 0.2) is 182 Å². The molecule has 6 aromatic carbocycles. The van der Waals surface area contributed by atoms with Crippen molar-refractivity contribution in [2.45, 2.75) is 25.6 Å². The van der Waals surface area contributed by atoms with Crippen molar-refractivity contribution in [3.8, 4) is 0 Å². The highest BCUT2D eigenvalue weighted by molar-refractivity contribution is 5.93. The molecule has 0 aliphatic rings. The van der Waals surface area contributed by atoms with E-state index in [-0.39, 0.29) is 5.92 Å². The molecule has 0 saturated heterocycles. The van der Waals surface area contributed by atoms with Gasteiger partial charge in [-0.05, 0) is 51.6 Å². The summed E-state index contributed by atoms with van der Waals surface area (Å²) >= 11 is 0. The zero-order valence-electron chi connectivity index (χ0n) is 27.4. The third kappa shape index (κ3) is 5.44. The van der Waals surface area contributed by atoms with E-state index < -0.39 is 0 Å². The quantitative estimate of drug-likeness (QED) is 0.151. The van der Waals surface area contributed by atoms with Gasteiger partial charge in [-0.1, -0.05) is 146 Å². The second-order valence-electron chi connectivity index (χ2n) is 13.1. The Kier molecular flexibility index (Phi) is 7.44. The van der Waals surface area contributed by atoms with Gasteiger partial charge in [0, 0.05) is 76.9 Å². The first kappa shape index (κ1) is 29.1. The van der Waals surface area contributed by atoms with E-state index in [0.717, 1.165) is 19.6 Å². The van der Waals surface area contributed by atoms with E-state index >= 15 is 0 Å². The van der Waals surface area contributed by atoms with Gasteiger partial charge in [-0.25, -0.2) is 0 Å². The molecule has 0 spiro atoms. The van der Waals surface area contributed by atoms with Crippen LogP contribution in [0.5, 0.6) is 0 Å². The van der Waals surface area contributed by atoms with Crippen molar-refractivity contribution in [2.24, 2.45) is 0 Å². The van der Waals surface area contributed by atoms with Gasteiger partial charge in [-0.2, -0.15) is 0 Å². The van der Waals surface area contributed by atoms with Gasteiger partial charge < -0.3 is 13.7 Å². The van der Waals surface area contributed by atoms with Crippen molar-refractivity contribution < 1.29 is 0 Å². The average Bonchev–Trinajstić information content (AvgIpc) is 3.82. The predicted octanol–water partition coefficient (Wildman–Crippen LogP) is 10.9. The molecule has 0 atom stereocenters. The summed E-state index contributed by atoms with van der Waals surface area (Å²) < 4.78 is 7.33. The molecule has 3 aromatic heterocycles. The Morgan fingerprint density at radius 2 is 0.571 bits per heavy atom. The number of rotatable bonds is 9. The molecule has 0 amide bonds. The summed E-state index contributed by atoms with van der Waals surface area (Å²) in [4.78, 5) is 0. The minimum absolute atomic E-state index is 0.00534. The van der Waals surface area contributed by atoms with Crippen LogP contribution in [0.25, 0.3) is 32.7 Å². The lowest BCUT2D eigenvalue weighted by Crippen LogP contribution is -2.04. The van der Waals surface area contributed by atoms with Gasteiger partial charge in [-0.3, -0.25) is 0 Å². The fourth-order valence-corrected chi connectivity index (χ4v) is 7.75. The van der Waals surface area contributed by atoms with E-state index in [1.54, 1.807) is 0 Å². The van der Waals surface area contributed by atoms with Crippen LogP contribution in [-0.4, -0.2) is 13.7 Å². The molecular formula is C46H37N3. The van der Waals surface area contributed by atoms with Crippen molar-refractivity contribution in [3.63, 3.8) is 0 Å². The molecule has 0 radical (unpaired) electrons. The van der Waals surface area contributed by atoms with Crippen LogP contribution in [0.1, 0.15) is 39.3 Å². The molecule has 0 fully saturated rings. The summed E-state index contributed by atoms with van der Waals surface area (Å²) in [6.45, 7) is 2.46. The summed E-state index contributed by atoms with van der Waals surface area (Å²) in [5.74, 6) is 0.00534. The van der Waals surface area contributed by atoms with Gasteiger partial charge >= 0.3 is 0 Å². The van der Waals surface area contributed by atoms with Crippen LogP contribution in [-0.2, 0) is 19.6 Å². The van der Waals surface area contributed by atoms with E-state index in [2.05, 4.69) is 196 Å². The maximum Gasteiger partial charge on any atom is 0.0486 e. The van der Waals surface area contributed by atoms with Crippen molar-refractivity contribution in [3.05, 3.63) is 216 Å². The first-order chi connectivity index (χ1) is 24.3. The molecule has 0 aliphatic heterocycles. The standard InChI is InChI=1S/C46H37N3/c1-4-16-34(17-5-1)28-47-31-40(37-22-10-13-25-43(37)47)46(41-32-48(29-35-18-6-2-7-19-35)44-26-14-11-23-38(41)44)42-33-49(30-36-20-8-3-9-21-36)45-27-15-12-24-39(42)45/h1-27,31-33,46H,28-30H2. The SMILES string of the molecule is c1ccc(Cn2cc(C(c3cn(Cc4ccccc4)c4ccccc34)c3cn(Cc4ccccc4)c4ccccc34)c3ccccc32)cc1. The third-order valence-electron chi connectivity index (χ3n) is 9.98. The number of fused-ring (bicyclic) bond motifs is 3. The molecule has 3 heterocycles. The molecule has 236 valence electrons. The number of hydrogen-bond acceptors (Lipinski definition) is 0. The second kappa shape index (κ2) is 12.5. The van der Waals surface area contributed by atoms with Gasteiger partial charge in [0.15, 0.2) is 0 Å². The van der Waals surface area contributed by atoms with Crippen LogP contribution in [0, 0.1) is 0 Å². The average molecular weight is 632 g/mol. The highest BCUT2D eigenvalue weighted by Gasteiger charge is 2.28. The molecule has 3 nitrogen and oxygen atoms in total. The Morgan fingerprint density at radius 1 is 0.306 bits per heavy atom. The Labute approximate surface area is 286 Å². The van der Waals surface area contributed by atoms with Crippen LogP contribution in [0.3, 0.4) is 0 Å². The molecular weight excluding hydrogens is 595 g/mol. The molecule has 0 unspecified atom stereocenters. The fraction of sp³-hybridized carbons (Fsp3) is 0.0870. The highest BCUT2D eigenvalue weighted by Crippen LogP contribution is 2.44. The second-order valence-corrected chi connectivity index (χ2v) is 13.1. The molecule has 0 aliphatic carbocycles. The zero-order valence-corrected chi connectivity index (χ0v) is 27.4.